The number of benzene rings is 1. The predicted molar refractivity (Wildman–Crippen MR) is 102 cm³/mol. The van der Waals surface area contributed by atoms with Crippen molar-refractivity contribution in [2.24, 2.45) is 0 Å². The first-order valence-corrected chi connectivity index (χ1v) is 9.19. The van der Waals surface area contributed by atoms with Crippen LogP contribution in [-0.4, -0.2) is 52.1 Å². The van der Waals surface area contributed by atoms with Crippen molar-refractivity contribution in [1.82, 2.24) is 14.9 Å². The third kappa shape index (κ3) is 4.58. The Morgan fingerprint density at radius 1 is 1.12 bits per heavy atom. The van der Waals surface area contributed by atoms with Crippen molar-refractivity contribution in [3.63, 3.8) is 0 Å². The molecule has 26 heavy (non-hydrogen) atoms. The minimum atomic E-state index is -0.882. The van der Waals surface area contributed by atoms with Gasteiger partial charge in [0.1, 0.15) is 11.6 Å². The molecule has 138 valence electrons. The van der Waals surface area contributed by atoms with Crippen LogP contribution < -0.4 is 4.90 Å². The number of carboxylic acid groups (broad SMARTS) is 1. The van der Waals surface area contributed by atoms with Gasteiger partial charge < -0.3 is 10.0 Å². The molecule has 0 saturated carbocycles. The van der Waals surface area contributed by atoms with Crippen LogP contribution in [0.5, 0.6) is 0 Å². The summed E-state index contributed by atoms with van der Waals surface area (Å²) in [5, 5.41) is 8.98. The standard InChI is InChI=1S/C20H26N4O2/c1-3-4-18-13-19(22-15(2)21-18)24-11-9-23(10-12-24)14-16-5-7-17(8-6-16)20(25)26/h5-8,13H,3-4,9-12,14H2,1-2H3,(H,25,26). The van der Waals surface area contributed by atoms with Crippen molar-refractivity contribution < 1.29 is 9.90 Å². The molecule has 1 N–H and O–H groups in total. The number of aromatic nitrogens is 2. The normalized spacial score (nSPS) is 15.2. The number of carboxylic acids is 1. The van der Waals surface area contributed by atoms with E-state index in [2.05, 4.69) is 32.8 Å². The van der Waals surface area contributed by atoms with Crippen molar-refractivity contribution in [1.29, 1.82) is 0 Å². The summed E-state index contributed by atoms with van der Waals surface area (Å²) in [7, 11) is 0. The van der Waals surface area contributed by atoms with Gasteiger partial charge in [-0.05, 0) is 31.0 Å². The quantitative estimate of drug-likeness (QED) is 0.860. The van der Waals surface area contributed by atoms with E-state index in [0.29, 0.717) is 5.56 Å². The first kappa shape index (κ1) is 18.3. The van der Waals surface area contributed by atoms with Gasteiger partial charge in [-0.2, -0.15) is 0 Å². The zero-order valence-electron chi connectivity index (χ0n) is 15.5. The Morgan fingerprint density at radius 2 is 1.81 bits per heavy atom. The highest BCUT2D eigenvalue weighted by molar-refractivity contribution is 5.87. The molecule has 3 rings (SSSR count). The average Bonchev–Trinajstić information content (AvgIpc) is 2.62. The molecule has 0 radical (unpaired) electrons. The Hall–Kier alpha value is -2.47. The lowest BCUT2D eigenvalue weighted by Gasteiger charge is -2.35. The van der Waals surface area contributed by atoms with Gasteiger partial charge in [-0.1, -0.05) is 25.5 Å². The van der Waals surface area contributed by atoms with Crippen LogP contribution in [0.3, 0.4) is 0 Å². The molecule has 2 aromatic rings. The molecule has 0 bridgehead atoms. The Bertz CT molecular complexity index is 753. The summed E-state index contributed by atoms with van der Waals surface area (Å²) >= 11 is 0. The van der Waals surface area contributed by atoms with Crippen LogP contribution in [0.1, 0.15) is 40.8 Å². The second kappa shape index (κ2) is 8.27. The van der Waals surface area contributed by atoms with E-state index < -0.39 is 5.97 Å². The first-order valence-electron chi connectivity index (χ1n) is 9.19. The SMILES string of the molecule is CCCc1cc(N2CCN(Cc3ccc(C(=O)O)cc3)CC2)nc(C)n1. The third-order valence-corrected chi connectivity index (χ3v) is 4.69. The molecule has 1 aliphatic heterocycles. The van der Waals surface area contributed by atoms with Gasteiger partial charge in [-0.15, -0.1) is 0 Å². The summed E-state index contributed by atoms with van der Waals surface area (Å²) < 4.78 is 0. The number of aryl methyl sites for hydroxylation is 2. The highest BCUT2D eigenvalue weighted by Gasteiger charge is 2.19. The number of rotatable bonds is 6. The van der Waals surface area contributed by atoms with Gasteiger partial charge in [0.05, 0.1) is 5.56 Å². The maximum Gasteiger partial charge on any atom is 0.335 e. The molecular formula is C20H26N4O2. The zero-order chi connectivity index (χ0) is 18.5. The number of aromatic carboxylic acids is 1. The minimum Gasteiger partial charge on any atom is -0.478 e. The molecule has 0 amide bonds. The van der Waals surface area contributed by atoms with Gasteiger partial charge in [0.25, 0.3) is 0 Å². The molecule has 1 aromatic heterocycles. The first-order chi connectivity index (χ1) is 12.5. The van der Waals surface area contributed by atoms with Crippen molar-refractivity contribution in [3.8, 4) is 0 Å². The molecule has 1 saturated heterocycles. The lowest BCUT2D eigenvalue weighted by atomic mass is 10.1. The minimum absolute atomic E-state index is 0.334. The summed E-state index contributed by atoms with van der Waals surface area (Å²) in [5.41, 5.74) is 2.60. The molecule has 0 aliphatic carbocycles. The number of anilines is 1. The zero-order valence-corrected chi connectivity index (χ0v) is 15.5. The van der Waals surface area contributed by atoms with E-state index >= 15 is 0 Å². The Labute approximate surface area is 154 Å². The Morgan fingerprint density at radius 3 is 2.42 bits per heavy atom. The monoisotopic (exact) mass is 354 g/mol. The molecule has 0 unspecified atom stereocenters. The lowest BCUT2D eigenvalue weighted by molar-refractivity contribution is 0.0697. The Balaban J connectivity index is 1.58. The van der Waals surface area contributed by atoms with Gasteiger partial charge >= 0.3 is 5.97 Å². The van der Waals surface area contributed by atoms with E-state index in [-0.39, 0.29) is 0 Å². The predicted octanol–water partition coefficient (Wildman–Crippen LogP) is 2.76. The molecule has 6 heteroatoms. The van der Waals surface area contributed by atoms with Gasteiger partial charge in [0.15, 0.2) is 0 Å². The number of carbonyl (C=O) groups is 1. The van der Waals surface area contributed by atoms with E-state index in [0.717, 1.165) is 68.5 Å². The third-order valence-electron chi connectivity index (χ3n) is 4.69. The maximum absolute atomic E-state index is 10.9. The summed E-state index contributed by atoms with van der Waals surface area (Å²) in [4.78, 5) is 24.8. The lowest BCUT2D eigenvalue weighted by Crippen LogP contribution is -2.46. The topological polar surface area (TPSA) is 69.6 Å². The second-order valence-corrected chi connectivity index (χ2v) is 6.78. The van der Waals surface area contributed by atoms with Crippen LogP contribution in [0.15, 0.2) is 30.3 Å². The van der Waals surface area contributed by atoms with E-state index in [1.165, 1.54) is 0 Å². The van der Waals surface area contributed by atoms with Crippen molar-refractivity contribution in [3.05, 3.63) is 53.0 Å². The van der Waals surface area contributed by atoms with Crippen LogP contribution in [0.25, 0.3) is 0 Å². The second-order valence-electron chi connectivity index (χ2n) is 6.78. The fourth-order valence-corrected chi connectivity index (χ4v) is 3.30. The fourth-order valence-electron chi connectivity index (χ4n) is 3.30. The maximum atomic E-state index is 10.9. The van der Waals surface area contributed by atoms with Crippen molar-refractivity contribution >= 4 is 11.8 Å². The molecule has 1 fully saturated rings. The van der Waals surface area contributed by atoms with E-state index in [1.807, 2.05) is 19.1 Å². The molecule has 1 aliphatic rings. The molecule has 1 aromatic carbocycles. The number of piperazine rings is 1. The van der Waals surface area contributed by atoms with Gasteiger partial charge in [0.2, 0.25) is 0 Å². The van der Waals surface area contributed by atoms with Gasteiger partial charge in [-0.25, -0.2) is 14.8 Å². The van der Waals surface area contributed by atoms with Crippen molar-refractivity contribution in [2.45, 2.75) is 33.2 Å². The molecule has 0 spiro atoms. The van der Waals surface area contributed by atoms with E-state index in [1.54, 1.807) is 12.1 Å². The highest BCUT2D eigenvalue weighted by atomic mass is 16.4. The number of nitrogens with zero attached hydrogens (tertiary/aromatic N) is 4. The molecule has 0 atom stereocenters. The smallest absolute Gasteiger partial charge is 0.335 e. The van der Waals surface area contributed by atoms with Crippen LogP contribution in [0, 0.1) is 6.92 Å². The summed E-state index contributed by atoms with van der Waals surface area (Å²) in [6.07, 6.45) is 2.08. The van der Waals surface area contributed by atoms with Crippen LogP contribution in [0.4, 0.5) is 5.82 Å². The Kier molecular flexibility index (Phi) is 5.83. The fraction of sp³-hybridized carbons (Fsp3) is 0.450. The largest absolute Gasteiger partial charge is 0.478 e. The molecular weight excluding hydrogens is 328 g/mol. The van der Waals surface area contributed by atoms with Crippen molar-refractivity contribution in [2.75, 3.05) is 31.1 Å². The van der Waals surface area contributed by atoms with Crippen LogP contribution in [-0.2, 0) is 13.0 Å². The number of hydrogen-bond acceptors (Lipinski definition) is 5. The van der Waals surface area contributed by atoms with E-state index in [9.17, 15) is 4.79 Å². The van der Waals surface area contributed by atoms with E-state index in [4.69, 9.17) is 5.11 Å². The number of hydrogen-bond donors (Lipinski definition) is 1. The van der Waals surface area contributed by atoms with Gasteiger partial charge in [-0.3, -0.25) is 4.90 Å². The summed E-state index contributed by atoms with van der Waals surface area (Å²) in [6.45, 7) is 8.78. The van der Waals surface area contributed by atoms with Gasteiger partial charge in [0, 0.05) is 44.5 Å². The van der Waals surface area contributed by atoms with Crippen LogP contribution in [0.2, 0.25) is 0 Å². The summed E-state index contributed by atoms with van der Waals surface area (Å²) in [6, 6.07) is 9.28. The highest BCUT2D eigenvalue weighted by Crippen LogP contribution is 2.17. The molecule has 2 heterocycles. The average molecular weight is 354 g/mol. The molecule has 6 nitrogen and oxygen atoms in total. The van der Waals surface area contributed by atoms with Crippen LogP contribution >= 0.6 is 0 Å². The summed E-state index contributed by atoms with van der Waals surface area (Å²) in [5.74, 6) is 0.992.